The predicted molar refractivity (Wildman–Crippen MR) is 116 cm³/mol. The molecular weight excluding hydrogens is 404 g/mol. The van der Waals surface area contributed by atoms with Crippen LogP contribution in [0.25, 0.3) is 5.65 Å². The summed E-state index contributed by atoms with van der Waals surface area (Å²) in [5.41, 5.74) is 1.76. The molecule has 30 heavy (non-hydrogen) atoms. The van der Waals surface area contributed by atoms with Gasteiger partial charge in [0.1, 0.15) is 12.4 Å². The fraction of sp³-hybridized carbons (Fsp3) is 0.429. The summed E-state index contributed by atoms with van der Waals surface area (Å²) in [7, 11) is 0. The molecular formula is C21H25ClN6O2. The predicted octanol–water partition coefficient (Wildman–Crippen LogP) is 2.72. The van der Waals surface area contributed by atoms with E-state index in [4.69, 9.17) is 11.6 Å². The first-order chi connectivity index (χ1) is 14.4. The van der Waals surface area contributed by atoms with Gasteiger partial charge >= 0.3 is 5.69 Å². The summed E-state index contributed by atoms with van der Waals surface area (Å²) in [4.78, 5) is 32.0. The molecule has 0 saturated carbocycles. The zero-order valence-electron chi connectivity index (χ0n) is 17.1. The Balaban J connectivity index is 1.53. The lowest BCUT2D eigenvalue weighted by atomic mass is 10.1. The number of nitrogens with zero attached hydrogens (tertiary/aromatic N) is 5. The van der Waals surface area contributed by atoms with Crippen LogP contribution in [0.1, 0.15) is 43.5 Å². The lowest BCUT2D eigenvalue weighted by molar-refractivity contribution is -0.122. The number of carbonyl (C=O) groups is 1. The quantitative estimate of drug-likeness (QED) is 0.675. The van der Waals surface area contributed by atoms with E-state index < -0.39 is 0 Å². The Hall–Kier alpha value is -2.87. The maximum Gasteiger partial charge on any atom is 0.352 e. The number of piperidine rings is 1. The van der Waals surface area contributed by atoms with Crippen LogP contribution in [0, 0.1) is 6.92 Å². The van der Waals surface area contributed by atoms with Gasteiger partial charge in [0, 0.05) is 19.3 Å². The fourth-order valence-corrected chi connectivity index (χ4v) is 3.95. The van der Waals surface area contributed by atoms with Gasteiger partial charge in [-0.3, -0.25) is 9.78 Å². The molecule has 3 aromatic heterocycles. The topological polar surface area (TPSA) is 84.5 Å². The third kappa shape index (κ3) is 4.05. The Bertz CT molecular complexity index is 1130. The van der Waals surface area contributed by atoms with Gasteiger partial charge in [0.2, 0.25) is 5.91 Å². The molecule has 1 saturated heterocycles. The van der Waals surface area contributed by atoms with Gasteiger partial charge in [0.15, 0.2) is 5.65 Å². The smallest absolute Gasteiger partial charge is 0.352 e. The second-order valence-corrected chi connectivity index (χ2v) is 8.10. The van der Waals surface area contributed by atoms with E-state index in [0.717, 1.165) is 43.0 Å². The number of anilines is 1. The lowest BCUT2D eigenvalue weighted by Gasteiger charge is -2.28. The van der Waals surface area contributed by atoms with Crippen LogP contribution in [-0.2, 0) is 11.3 Å². The van der Waals surface area contributed by atoms with E-state index in [1.54, 1.807) is 22.7 Å². The zero-order chi connectivity index (χ0) is 21.3. The molecule has 1 aliphatic heterocycles. The molecule has 4 rings (SSSR count). The highest BCUT2D eigenvalue weighted by Gasteiger charge is 2.19. The van der Waals surface area contributed by atoms with Crippen molar-refractivity contribution in [3.63, 3.8) is 0 Å². The number of hydrogen-bond donors (Lipinski definition) is 1. The van der Waals surface area contributed by atoms with Gasteiger partial charge in [-0.25, -0.2) is 13.9 Å². The van der Waals surface area contributed by atoms with Gasteiger partial charge in [-0.1, -0.05) is 17.7 Å². The highest BCUT2D eigenvalue weighted by Crippen LogP contribution is 2.20. The number of aryl methyl sites for hydroxylation is 1. The number of nitrogens with one attached hydrogen (secondary N) is 1. The standard InChI is InChI=1S/C21H25ClN6O2/c1-14(16-11-17(22)15(2)23-12-16)24-19(29)13-27-21(30)28-18(25-27)7-6-8-20(28)26-9-4-3-5-10-26/h6-8,11-12,14H,3-5,9-10,13H2,1-2H3,(H,24,29)/t14-/m0/s1. The SMILES string of the molecule is Cc1ncc([C@H](C)NC(=O)Cn2nc3cccc(N4CCCCC4)n3c2=O)cc1Cl. The Morgan fingerprint density at radius 3 is 2.77 bits per heavy atom. The van der Waals surface area contributed by atoms with E-state index in [0.29, 0.717) is 10.7 Å². The van der Waals surface area contributed by atoms with Crippen molar-refractivity contribution in [1.29, 1.82) is 0 Å². The largest absolute Gasteiger partial charge is 0.358 e. The Kier molecular flexibility index (Phi) is 5.76. The summed E-state index contributed by atoms with van der Waals surface area (Å²) < 4.78 is 2.80. The molecule has 1 N–H and O–H groups in total. The minimum atomic E-state index is -0.311. The molecule has 9 heteroatoms. The van der Waals surface area contributed by atoms with Crippen molar-refractivity contribution in [1.82, 2.24) is 24.5 Å². The Morgan fingerprint density at radius 1 is 1.27 bits per heavy atom. The summed E-state index contributed by atoms with van der Waals surface area (Å²) in [5.74, 6) is 0.529. The number of fused-ring (bicyclic) bond motifs is 1. The number of aromatic nitrogens is 4. The van der Waals surface area contributed by atoms with Gasteiger partial charge in [0.05, 0.1) is 16.8 Å². The van der Waals surface area contributed by atoms with Crippen molar-refractivity contribution in [2.24, 2.45) is 0 Å². The van der Waals surface area contributed by atoms with Gasteiger partial charge in [0.25, 0.3) is 0 Å². The second kappa shape index (κ2) is 8.47. The van der Waals surface area contributed by atoms with Crippen LogP contribution in [0.15, 0.2) is 35.3 Å². The molecule has 0 spiro atoms. The van der Waals surface area contributed by atoms with Crippen molar-refractivity contribution >= 4 is 29.0 Å². The third-order valence-electron chi connectivity index (χ3n) is 5.48. The van der Waals surface area contributed by atoms with Crippen molar-refractivity contribution in [3.8, 4) is 0 Å². The number of rotatable bonds is 5. The van der Waals surface area contributed by atoms with Gasteiger partial charge in [-0.2, -0.15) is 0 Å². The lowest BCUT2D eigenvalue weighted by Crippen LogP contribution is -2.36. The van der Waals surface area contributed by atoms with E-state index in [1.807, 2.05) is 26.0 Å². The van der Waals surface area contributed by atoms with Crippen LogP contribution in [0.5, 0.6) is 0 Å². The van der Waals surface area contributed by atoms with Crippen molar-refractivity contribution in [3.05, 3.63) is 57.2 Å². The average Bonchev–Trinajstić information content (AvgIpc) is 3.06. The Morgan fingerprint density at radius 2 is 2.03 bits per heavy atom. The van der Waals surface area contributed by atoms with Crippen molar-refractivity contribution in [2.45, 2.75) is 45.7 Å². The summed E-state index contributed by atoms with van der Waals surface area (Å²) in [6.07, 6.45) is 5.11. The van der Waals surface area contributed by atoms with Gasteiger partial charge < -0.3 is 10.2 Å². The maximum absolute atomic E-state index is 13.0. The van der Waals surface area contributed by atoms with E-state index in [1.165, 1.54) is 11.1 Å². The average molecular weight is 429 g/mol. The summed E-state index contributed by atoms with van der Waals surface area (Å²) in [6.45, 7) is 5.35. The molecule has 1 fully saturated rings. The van der Waals surface area contributed by atoms with Crippen LogP contribution in [-0.4, -0.2) is 38.2 Å². The van der Waals surface area contributed by atoms with Crippen LogP contribution in [0.4, 0.5) is 5.82 Å². The normalized spacial score (nSPS) is 15.4. The maximum atomic E-state index is 13.0. The van der Waals surface area contributed by atoms with Crippen LogP contribution >= 0.6 is 11.6 Å². The van der Waals surface area contributed by atoms with E-state index in [2.05, 4.69) is 20.3 Å². The minimum absolute atomic E-state index is 0.155. The summed E-state index contributed by atoms with van der Waals surface area (Å²) >= 11 is 6.13. The van der Waals surface area contributed by atoms with Crippen LogP contribution in [0.3, 0.4) is 0 Å². The molecule has 8 nitrogen and oxygen atoms in total. The van der Waals surface area contributed by atoms with E-state index >= 15 is 0 Å². The first-order valence-electron chi connectivity index (χ1n) is 10.2. The molecule has 0 radical (unpaired) electrons. The highest BCUT2D eigenvalue weighted by molar-refractivity contribution is 6.31. The van der Waals surface area contributed by atoms with Crippen LogP contribution < -0.4 is 15.9 Å². The van der Waals surface area contributed by atoms with Crippen molar-refractivity contribution < 1.29 is 4.79 Å². The minimum Gasteiger partial charge on any atom is -0.358 e. The second-order valence-electron chi connectivity index (χ2n) is 7.69. The molecule has 1 aliphatic rings. The molecule has 0 unspecified atom stereocenters. The number of amides is 1. The molecule has 1 amide bonds. The molecule has 158 valence electrons. The third-order valence-corrected chi connectivity index (χ3v) is 5.86. The number of halogens is 1. The highest BCUT2D eigenvalue weighted by atomic mass is 35.5. The molecule has 1 atom stereocenters. The van der Waals surface area contributed by atoms with Gasteiger partial charge in [-0.05, 0) is 56.9 Å². The molecule has 0 aromatic carbocycles. The molecule has 3 aromatic rings. The molecule has 4 heterocycles. The fourth-order valence-electron chi connectivity index (χ4n) is 3.78. The molecule has 0 aliphatic carbocycles. The number of hydrogen-bond acceptors (Lipinski definition) is 5. The summed E-state index contributed by atoms with van der Waals surface area (Å²) in [6, 6.07) is 7.11. The number of carbonyl (C=O) groups excluding carboxylic acids is 1. The number of pyridine rings is 2. The molecule has 0 bridgehead atoms. The first kappa shape index (κ1) is 20.4. The van der Waals surface area contributed by atoms with Crippen molar-refractivity contribution in [2.75, 3.05) is 18.0 Å². The summed E-state index contributed by atoms with van der Waals surface area (Å²) in [5, 5.41) is 7.79. The zero-order valence-corrected chi connectivity index (χ0v) is 17.9. The van der Waals surface area contributed by atoms with Crippen LogP contribution in [0.2, 0.25) is 5.02 Å². The monoisotopic (exact) mass is 428 g/mol. The van der Waals surface area contributed by atoms with E-state index in [-0.39, 0.29) is 24.2 Å². The van der Waals surface area contributed by atoms with E-state index in [9.17, 15) is 9.59 Å². The Labute approximate surface area is 179 Å². The first-order valence-corrected chi connectivity index (χ1v) is 10.6. The van der Waals surface area contributed by atoms with Gasteiger partial charge in [-0.15, -0.1) is 5.10 Å².